The standard InChI is InChI=1S/C17H21FN4OS/c1-3-22-15(13-6-7-13)20-21-17(22)24-11(2)16(23)19-10-12-4-8-14(18)9-5-12/h4-5,8-9,11,13H,3,6-7,10H2,1-2H3,(H,19,23). The molecular formula is C17H21FN4OS. The predicted molar refractivity (Wildman–Crippen MR) is 91.2 cm³/mol. The lowest BCUT2D eigenvalue weighted by molar-refractivity contribution is -0.120. The van der Waals surface area contributed by atoms with Crippen molar-refractivity contribution < 1.29 is 9.18 Å². The monoisotopic (exact) mass is 348 g/mol. The lowest BCUT2D eigenvalue weighted by Crippen LogP contribution is -2.30. The minimum atomic E-state index is -0.278. The first kappa shape index (κ1) is 17.0. The number of amides is 1. The second-order valence-electron chi connectivity index (χ2n) is 5.96. The van der Waals surface area contributed by atoms with E-state index in [1.165, 1.54) is 36.7 Å². The molecule has 1 aromatic carbocycles. The number of nitrogens with zero attached hydrogens (tertiary/aromatic N) is 3. The molecule has 1 saturated carbocycles. The summed E-state index contributed by atoms with van der Waals surface area (Å²) in [4.78, 5) is 12.3. The number of nitrogens with one attached hydrogen (secondary N) is 1. The van der Waals surface area contributed by atoms with Crippen molar-refractivity contribution in [1.82, 2.24) is 20.1 Å². The van der Waals surface area contributed by atoms with Gasteiger partial charge in [0, 0.05) is 19.0 Å². The van der Waals surface area contributed by atoms with Gasteiger partial charge in [0.15, 0.2) is 5.16 Å². The summed E-state index contributed by atoms with van der Waals surface area (Å²) in [6, 6.07) is 6.12. The van der Waals surface area contributed by atoms with E-state index in [1.807, 2.05) is 6.92 Å². The maximum Gasteiger partial charge on any atom is 0.233 e. The first-order valence-electron chi connectivity index (χ1n) is 8.20. The van der Waals surface area contributed by atoms with Crippen molar-refractivity contribution in [2.24, 2.45) is 0 Å². The van der Waals surface area contributed by atoms with Gasteiger partial charge in [0.1, 0.15) is 11.6 Å². The molecule has 1 atom stereocenters. The number of aromatic nitrogens is 3. The summed E-state index contributed by atoms with van der Waals surface area (Å²) in [6.07, 6.45) is 2.35. The SMILES string of the molecule is CCn1c(SC(C)C(=O)NCc2ccc(F)cc2)nnc1C1CC1. The van der Waals surface area contributed by atoms with Gasteiger partial charge in [-0.3, -0.25) is 4.79 Å². The fourth-order valence-electron chi connectivity index (χ4n) is 2.47. The molecule has 1 amide bonds. The molecule has 0 spiro atoms. The van der Waals surface area contributed by atoms with Crippen LogP contribution in [0.3, 0.4) is 0 Å². The lowest BCUT2D eigenvalue weighted by atomic mass is 10.2. The number of halogens is 1. The molecule has 1 heterocycles. The highest BCUT2D eigenvalue weighted by molar-refractivity contribution is 8.00. The Morgan fingerprint density at radius 1 is 1.38 bits per heavy atom. The Balaban J connectivity index is 1.57. The van der Waals surface area contributed by atoms with Crippen LogP contribution in [-0.2, 0) is 17.9 Å². The number of thioether (sulfide) groups is 1. The molecule has 1 aliphatic carbocycles. The first-order valence-corrected chi connectivity index (χ1v) is 9.08. The fraction of sp³-hybridized carbons (Fsp3) is 0.471. The number of carbonyl (C=O) groups excluding carboxylic acids is 1. The van der Waals surface area contributed by atoms with E-state index in [4.69, 9.17) is 0 Å². The van der Waals surface area contributed by atoms with Gasteiger partial charge in [-0.05, 0) is 44.4 Å². The summed E-state index contributed by atoms with van der Waals surface area (Å²) in [5, 5.41) is 11.9. The Labute approximate surface area is 145 Å². The third-order valence-electron chi connectivity index (χ3n) is 4.04. The van der Waals surface area contributed by atoms with Gasteiger partial charge in [0.2, 0.25) is 5.91 Å². The van der Waals surface area contributed by atoms with Gasteiger partial charge in [0.25, 0.3) is 0 Å². The number of rotatable bonds is 7. The van der Waals surface area contributed by atoms with Gasteiger partial charge in [-0.15, -0.1) is 10.2 Å². The highest BCUT2D eigenvalue weighted by Gasteiger charge is 2.30. The minimum absolute atomic E-state index is 0.0667. The van der Waals surface area contributed by atoms with Gasteiger partial charge < -0.3 is 9.88 Å². The van der Waals surface area contributed by atoms with Crippen molar-refractivity contribution >= 4 is 17.7 Å². The van der Waals surface area contributed by atoms with Crippen LogP contribution in [0.1, 0.15) is 44.0 Å². The molecule has 5 nitrogen and oxygen atoms in total. The summed E-state index contributed by atoms with van der Waals surface area (Å²) < 4.78 is 15.0. The smallest absolute Gasteiger partial charge is 0.233 e. The van der Waals surface area contributed by atoms with Gasteiger partial charge in [0.05, 0.1) is 5.25 Å². The van der Waals surface area contributed by atoms with E-state index in [2.05, 4.69) is 27.0 Å². The molecule has 2 aromatic rings. The average molecular weight is 348 g/mol. The molecular weight excluding hydrogens is 327 g/mol. The topological polar surface area (TPSA) is 59.8 Å². The van der Waals surface area contributed by atoms with E-state index in [9.17, 15) is 9.18 Å². The van der Waals surface area contributed by atoms with Crippen LogP contribution in [0, 0.1) is 5.82 Å². The molecule has 1 unspecified atom stereocenters. The average Bonchev–Trinajstić information content (AvgIpc) is 3.35. The Kier molecular flexibility index (Phi) is 5.18. The second-order valence-corrected chi connectivity index (χ2v) is 7.27. The Morgan fingerprint density at radius 2 is 2.08 bits per heavy atom. The van der Waals surface area contributed by atoms with Crippen LogP contribution in [0.25, 0.3) is 0 Å². The van der Waals surface area contributed by atoms with E-state index >= 15 is 0 Å². The zero-order valence-electron chi connectivity index (χ0n) is 13.8. The summed E-state index contributed by atoms with van der Waals surface area (Å²) in [5.41, 5.74) is 0.870. The molecule has 0 saturated heterocycles. The normalized spacial score (nSPS) is 15.3. The number of hydrogen-bond acceptors (Lipinski definition) is 4. The molecule has 1 N–H and O–H groups in total. The Hall–Kier alpha value is -1.89. The number of hydrogen-bond donors (Lipinski definition) is 1. The molecule has 1 aromatic heterocycles. The predicted octanol–water partition coefficient (Wildman–Crippen LogP) is 3.11. The number of benzene rings is 1. The van der Waals surface area contributed by atoms with Crippen LogP contribution in [0.5, 0.6) is 0 Å². The van der Waals surface area contributed by atoms with E-state index in [0.717, 1.165) is 23.1 Å². The summed E-state index contributed by atoms with van der Waals surface area (Å²) in [7, 11) is 0. The highest BCUT2D eigenvalue weighted by Crippen LogP contribution is 2.40. The van der Waals surface area contributed by atoms with Gasteiger partial charge >= 0.3 is 0 Å². The largest absolute Gasteiger partial charge is 0.351 e. The lowest BCUT2D eigenvalue weighted by Gasteiger charge is -2.12. The molecule has 1 fully saturated rings. The third-order valence-corrected chi connectivity index (χ3v) is 5.12. The number of carbonyl (C=O) groups is 1. The van der Waals surface area contributed by atoms with Crippen LogP contribution >= 0.6 is 11.8 Å². The molecule has 0 aliphatic heterocycles. The van der Waals surface area contributed by atoms with Crippen LogP contribution < -0.4 is 5.32 Å². The summed E-state index contributed by atoms with van der Waals surface area (Å²) in [6.45, 7) is 5.12. The van der Waals surface area contributed by atoms with Crippen molar-refractivity contribution in [2.75, 3.05) is 0 Å². The molecule has 0 radical (unpaired) electrons. The second kappa shape index (κ2) is 7.34. The molecule has 3 rings (SSSR count). The first-order chi connectivity index (χ1) is 11.6. The van der Waals surface area contributed by atoms with Crippen LogP contribution in [0.2, 0.25) is 0 Å². The van der Waals surface area contributed by atoms with Crippen LogP contribution in [0.15, 0.2) is 29.4 Å². The molecule has 0 bridgehead atoms. The van der Waals surface area contributed by atoms with Crippen molar-refractivity contribution in [3.63, 3.8) is 0 Å². The molecule has 24 heavy (non-hydrogen) atoms. The minimum Gasteiger partial charge on any atom is -0.351 e. The highest BCUT2D eigenvalue weighted by atomic mass is 32.2. The van der Waals surface area contributed by atoms with E-state index < -0.39 is 0 Å². The molecule has 1 aliphatic rings. The van der Waals surface area contributed by atoms with E-state index in [-0.39, 0.29) is 17.0 Å². The maximum absolute atomic E-state index is 12.9. The molecule has 128 valence electrons. The van der Waals surface area contributed by atoms with E-state index in [0.29, 0.717) is 12.5 Å². The Morgan fingerprint density at radius 3 is 2.71 bits per heavy atom. The van der Waals surface area contributed by atoms with Crippen molar-refractivity contribution in [3.8, 4) is 0 Å². The van der Waals surface area contributed by atoms with Gasteiger partial charge in [-0.25, -0.2) is 4.39 Å². The van der Waals surface area contributed by atoms with Crippen LogP contribution in [-0.4, -0.2) is 25.9 Å². The zero-order valence-corrected chi connectivity index (χ0v) is 14.6. The van der Waals surface area contributed by atoms with Crippen molar-refractivity contribution in [2.45, 2.75) is 56.1 Å². The quantitative estimate of drug-likeness (QED) is 0.781. The van der Waals surface area contributed by atoms with Gasteiger partial charge in [-0.1, -0.05) is 23.9 Å². The van der Waals surface area contributed by atoms with Crippen molar-refractivity contribution in [3.05, 3.63) is 41.5 Å². The summed E-state index contributed by atoms with van der Waals surface area (Å²) >= 11 is 1.42. The fourth-order valence-corrected chi connectivity index (χ4v) is 3.42. The summed E-state index contributed by atoms with van der Waals surface area (Å²) in [5.74, 6) is 1.23. The van der Waals surface area contributed by atoms with Gasteiger partial charge in [-0.2, -0.15) is 0 Å². The van der Waals surface area contributed by atoms with Crippen LogP contribution in [0.4, 0.5) is 4.39 Å². The zero-order chi connectivity index (χ0) is 17.1. The van der Waals surface area contributed by atoms with Crippen molar-refractivity contribution in [1.29, 1.82) is 0 Å². The Bertz CT molecular complexity index is 712. The molecule has 7 heteroatoms. The van der Waals surface area contributed by atoms with E-state index in [1.54, 1.807) is 12.1 Å². The maximum atomic E-state index is 12.9. The third kappa shape index (κ3) is 3.95.